The van der Waals surface area contributed by atoms with Crippen molar-refractivity contribution in [3.63, 3.8) is 0 Å². The minimum atomic E-state index is -1.76. The van der Waals surface area contributed by atoms with Gasteiger partial charge in [0.05, 0.1) is 24.8 Å². The van der Waals surface area contributed by atoms with Gasteiger partial charge in [0.1, 0.15) is 18.3 Å². The monoisotopic (exact) mass is 569 g/mol. The van der Waals surface area contributed by atoms with E-state index in [4.69, 9.17) is 22.0 Å². The molecule has 14 heteroatoms. The molecule has 14 nitrogen and oxygen atoms in total. The summed E-state index contributed by atoms with van der Waals surface area (Å²) in [5.41, 5.74) is 12.7. The van der Waals surface area contributed by atoms with Gasteiger partial charge in [-0.2, -0.15) is 0 Å². The number of amides is 2. The molecule has 0 saturated carbocycles. The first kappa shape index (κ1) is 35.2. The third-order valence-electron chi connectivity index (χ3n) is 6.39. The van der Waals surface area contributed by atoms with Crippen molar-refractivity contribution < 1.29 is 35.1 Å². The van der Waals surface area contributed by atoms with Crippen LogP contribution in [0.25, 0.3) is 0 Å². The van der Waals surface area contributed by atoms with Gasteiger partial charge in [-0.25, -0.2) is 0 Å². The van der Waals surface area contributed by atoms with Crippen LogP contribution in [0, 0.1) is 5.41 Å². The molecule has 0 aliphatic rings. The highest BCUT2D eigenvalue weighted by Crippen LogP contribution is 2.12. The van der Waals surface area contributed by atoms with E-state index in [1.807, 2.05) is 19.1 Å². The predicted octanol–water partition coefficient (Wildman–Crippen LogP) is -2.54. The smallest absolute Gasteiger partial charge is 0.241 e. The fraction of sp³-hybridized carbons (Fsp3) is 0.654. The van der Waals surface area contributed by atoms with Crippen molar-refractivity contribution in [2.45, 2.75) is 81.9 Å². The van der Waals surface area contributed by atoms with Gasteiger partial charge in [-0.15, -0.1) is 0 Å². The number of nitrogens with two attached hydrogens (primary N) is 2. The normalized spacial score (nSPS) is 15.8. The van der Waals surface area contributed by atoms with Crippen LogP contribution in [-0.4, -0.2) is 106 Å². The number of aryl methyl sites for hydroxylation is 1. The maximum absolute atomic E-state index is 12.9. The van der Waals surface area contributed by atoms with Crippen molar-refractivity contribution >= 4 is 23.5 Å². The lowest BCUT2D eigenvalue weighted by Crippen LogP contribution is -2.52. The van der Waals surface area contributed by atoms with E-state index in [1.54, 1.807) is 12.1 Å². The van der Waals surface area contributed by atoms with Crippen LogP contribution in [0.2, 0.25) is 0 Å². The average molecular weight is 570 g/mol. The van der Waals surface area contributed by atoms with E-state index in [9.17, 15) is 30.0 Å². The molecule has 6 atom stereocenters. The molecule has 228 valence electrons. The van der Waals surface area contributed by atoms with Crippen LogP contribution in [0.4, 0.5) is 5.69 Å². The molecular weight excluding hydrogens is 522 g/mol. The molecule has 1 rings (SSSR count). The fourth-order valence-corrected chi connectivity index (χ4v) is 3.77. The summed E-state index contributed by atoms with van der Waals surface area (Å²) in [6.07, 6.45) is -3.10. The molecule has 1 aromatic rings. The van der Waals surface area contributed by atoms with Crippen LogP contribution in [0.15, 0.2) is 24.3 Å². The average Bonchev–Trinajstić information content (AvgIpc) is 2.95. The zero-order valence-electron chi connectivity index (χ0n) is 23.1. The summed E-state index contributed by atoms with van der Waals surface area (Å²) >= 11 is 0. The van der Waals surface area contributed by atoms with Crippen molar-refractivity contribution in [3.8, 4) is 0 Å². The molecule has 0 radical (unpaired) electrons. The second kappa shape index (κ2) is 19.3. The number of hydrogen-bond donors (Lipinski definition) is 12. The Bertz CT molecular complexity index is 891. The number of guanidine groups is 1. The third-order valence-corrected chi connectivity index (χ3v) is 6.39. The van der Waals surface area contributed by atoms with E-state index < -0.39 is 43.1 Å². The molecule has 1 aromatic carbocycles. The van der Waals surface area contributed by atoms with Gasteiger partial charge < -0.3 is 58.3 Å². The summed E-state index contributed by atoms with van der Waals surface area (Å²) in [5.74, 6) is -0.687. The summed E-state index contributed by atoms with van der Waals surface area (Å²) in [5, 5.41) is 66.9. The van der Waals surface area contributed by atoms with Gasteiger partial charge in [0.2, 0.25) is 11.8 Å². The quantitative estimate of drug-likeness (QED) is 0.0442. The highest BCUT2D eigenvalue weighted by atomic mass is 16.4. The number of hydrogen-bond acceptors (Lipinski definition) is 10. The zero-order chi connectivity index (χ0) is 30.1. The Morgan fingerprint density at radius 2 is 1.55 bits per heavy atom. The van der Waals surface area contributed by atoms with Gasteiger partial charge >= 0.3 is 0 Å². The van der Waals surface area contributed by atoms with Crippen LogP contribution in [-0.2, 0) is 16.0 Å². The molecule has 0 bridgehead atoms. The number of anilines is 1. The molecule has 0 spiro atoms. The minimum Gasteiger partial charge on any atom is -0.394 e. The van der Waals surface area contributed by atoms with Crippen LogP contribution in [0.1, 0.15) is 44.6 Å². The van der Waals surface area contributed by atoms with Gasteiger partial charge in [0.25, 0.3) is 0 Å². The van der Waals surface area contributed by atoms with Crippen molar-refractivity contribution in [3.05, 3.63) is 29.8 Å². The molecule has 0 unspecified atom stereocenters. The number of carbonyl (C=O) groups excluding carboxylic acids is 2. The van der Waals surface area contributed by atoms with Gasteiger partial charge in [-0.3, -0.25) is 15.0 Å². The Morgan fingerprint density at radius 1 is 0.925 bits per heavy atom. The highest BCUT2D eigenvalue weighted by molar-refractivity contribution is 5.94. The van der Waals surface area contributed by atoms with Gasteiger partial charge in [0.15, 0.2) is 5.96 Å². The van der Waals surface area contributed by atoms with Crippen molar-refractivity contribution in [2.24, 2.45) is 11.5 Å². The lowest BCUT2D eigenvalue weighted by molar-refractivity contribution is -0.125. The molecule has 0 aliphatic carbocycles. The Labute approximate surface area is 235 Å². The number of aliphatic hydroxyl groups excluding tert-OH is 5. The Balaban J connectivity index is 2.58. The first-order valence-corrected chi connectivity index (χ1v) is 13.6. The molecule has 0 fully saturated rings. The van der Waals surface area contributed by atoms with Crippen LogP contribution >= 0.6 is 0 Å². The first-order chi connectivity index (χ1) is 19.0. The van der Waals surface area contributed by atoms with Crippen LogP contribution < -0.4 is 32.7 Å². The topological polar surface area (TPSA) is 259 Å². The summed E-state index contributed by atoms with van der Waals surface area (Å²) in [6.45, 7) is 1.66. The van der Waals surface area contributed by atoms with Gasteiger partial charge in [-0.1, -0.05) is 19.1 Å². The highest BCUT2D eigenvalue weighted by Gasteiger charge is 2.30. The van der Waals surface area contributed by atoms with E-state index in [1.165, 1.54) is 0 Å². The number of rotatable bonds is 20. The number of carbonyl (C=O) groups is 2. The molecule has 40 heavy (non-hydrogen) atoms. The second-order valence-corrected chi connectivity index (χ2v) is 9.69. The van der Waals surface area contributed by atoms with E-state index >= 15 is 0 Å². The van der Waals surface area contributed by atoms with E-state index in [-0.39, 0.29) is 24.3 Å². The summed E-state index contributed by atoms with van der Waals surface area (Å²) in [7, 11) is 0. The van der Waals surface area contributed by atoms with E-state index in [0.29, 0.717) is 57.3 Å². The van der Waals surface area contributed by atoms with Gasteiger partial charge in [-0.05, 0) is 56.2 Å². The second-order valence-electron chi connectivity index (χ2n) is 9.69. The number of aliphatic hydroxyl groups is 5. The van der Waals surface area contributed by atoms with Crippen LogP contribution in [0.5, 0.6) is 0 Å². The Morgan fingerprint density at radius 3 is 2.15 bits per heavy atom. The van der Waals surface area contributed by atoms with E-state index in [0.717, 1.165) is 5.56 Å². The fourth-order valence-electron chi connectivity index (χ4n) is 3.77. The molecule has 0 heterocycles. The molecule has 0 saturated heterocycles. The van der Waals surface area contributed by atoms with Crippen molar-refractivity contribution in [1.82, 2.24) is 16.0 Å². The maximum atomic E-state index is 12.9. The molecule has 14 N–H and O–H groups in total. The number of unbranched alkanes of at least 4 members (excludes halogenated alkanes) is 1. The molecule has 0 aliphatic heterocycles. The summed E-state index contributed by atoms with van der Waals surface area (Å²) < 4.78 is 0. The predicted molar refractivity (Wildman–Crippen MR) is 151 cm³/mol. The summed E-state index contributed by atoms with van der Waals surface area (Å²) in [4.78, 5) is 24.8. The first-order valence-electron chi connectivity index (χ1n) is 13.6. The van der Waals surface area contributed by atoms with E-state index in [2.05, 4.69) is 21.3 Å². The standard InChI is InChI=1S/C26H47N7O7/c1-2-18(27)24(39)33-17-10-8-16(9-11-17)6-5-13-30-25(40)19(7-3-4-12-31-26(28)29)32-14-20(35)22(37)23(38)21(36)15-34/h8-11,18-23,32,34-38H,2-7,12-15,27H2,1H3,(H,30,40)(H,33,39)(H4,28,29,31)/t18-,19-,20-,21+,22+,23+/m0/s1. The SMILES string of the molecule is CC[C@H](N)C(=O)Nc1ccc(CCCNC(=O)[C@H](CCCCNC(=N)N)NC[C@H](O)[C@@H](O)[C@H](O)[C@H](O)CO)cc1. The summed E-state index contributed by atoms with van der Waals surface area (Å²) in [6, 6.07) is 6.11. The lowest BCUT2D eigenvalue weighted by Gasteiger charge is -2.27. The third kappa shape index (κ3) is 13.5. The van der Waals surface area contributed by atoms with Crippen LogP contribution in [0.3, 0.4) is 0 Å². The Kier molecular flexibility index (Phi) is 16.9. The minimum absolute atomic E-state index is 0.145. The maximum Gasteiger partial charge on any atom is 0.241 e. The van der Waals surface area contributed by atoms with Gasteiger partial charge in [0, 0.05) is 25.3 Å². The van der Waals surface area contributed by atoms with Crippen molar-refractivity contribution in [2.75, 3.05) is 31.6 Å². The number of benzene rings is 1. The Hall–Kier alpha value is -2.85. The largest absolute Gasteiger partial charge is 0.394 e. The number of nitrogens with one attached hydrogen (secondary N) is 5. The molecular formula is C26H47N7O7. The van der Waals surface area contributed by atoms with Crippen molar-refractivity contribution in [1.29, 1.82) is 5.41 Å². The zero-order valence-corrected chi connectivity index (χ0v) is 23.1. The molecule has 0 aromatic heterocycles. The lowest BCUT2D eigenvalue weighted by atomic mass is 10.0. The molecule has 2 amide bonds.